The molecule has 0 aliphatic rings. The number of oxazole rings is 1. The van der Waals surface area contributed by atoms with E-state index in [4.69, 9.17) is 4.42 Å². The summed E-state index contributed by atoms with van der Waals surface area (Å²) >= 11 is 0. The lowest BCUT2D eigenvalue weighted by Crippen LogP contribution is -2.24. The second-order valence-corrected chi connectivity index (χ2v) is 4.82. The summed E-state index contributed by atoms with van der Waals surface area (Å²) in [5, 5.41) is 6.61. The van der Waals surface area contributed by atoms with Gasteiger partial charge in [-0.2, -0.15) is 0 Å². The van der Waals surface area contributed by atoms with Crippen molar-refractivity contribution in [2.75, 3.05) is 25.5 Å². The van der Waals surface area contributed by atoms with Gasteiger partial charge < -0.3 is 15.1 Å². The molecule has 104 valence electrons. The quantitative estimate of drug-likeness (QED) is 0.834. The summed E-state index contributed by atoms with van der Waals surface area (Å²) < 4.78 is 6.63. The monoisotopic (exact) mass is 263 g/mol. The van der Waals surface area contributed by atoms with Gasteiger partial charge in [0.15, 0.2) is 5.58 Å². The third-order valence-electron chi connectivity index (χ3n) is 3.46. The highest BCUT2D eigenvalue weighted by Crippen LogP contribution is 2.18. The summed E-state index contributed by atoms with van der Waals surface area (Å²) in [5.74, 6) is 0.266. The average molecular weight is 263 g/mol. The van der Waals surface area contributed by atoms with E-state index in [1.807, 2.05) is 25.2 Å². The number of benzene rings is 1. The number of nitrogens with one attached hydrogen (secondary N) is 2. The van der Waals surface area contributed by atoms with Gasteiger partial charge in [0, 0.05) is 19.3 Å². The SMILES string of the molecule is CCC(CNC)CNc1ccc2oc(=O)n(C)c2c1. The first-order valence-electron chi connectivity index (χ1n) is 6.63. The second kappa shape index (κ2) is 5.93. The molecular weight excluding hydrogens is 242 g/mol. The van der Waals surface area contributed by atoms with Crippen LogP contribution < -0.4 is 16.4 Å². The summed E-state index contributed by atoms with van der Waals surface area (Å²) in [6.07, 6.45) is 1.13. The van der Waals surface area contributed by atoms with Crippen LogP contribution in [0.5, 0.6) is 0 Å². The third-order valence-corrected chi connectivity index (χ3v) is 3.46. The number of anilines is 1. The lowest BCUT2D eigenvalue weighted by molar-refractivity contribution is 0.507. The molecule has 1 atom stereocenters. The molecule has 0 amide bonds. The fourth-order valence-corrected chi connectivity index (χ4v) is 2.15. The number of aromatic nitrogens is 1. The highest BCUT2D eigenvalue weighted by Gasteiger charge is 2.08. The van der Waals surface area contributed by atoms with E-state index >= 15 is 0 Å². The van der Waals surface area contributed by atoms with Crippen LogP contribution in [0.4, 0.5) is 5.69 Å². The number of hydrogen-bond donors (Lipinski definition) is 2. The van der Waals surface area contributed by atoms with Crippen molar-refractivity contribution in [3.05, 3.63) is 28.7 Å². The molecular formula is C14H21N3O2. The van der Waals surface area contributed by atoms with Crippen LogP contribution in [0.3, 0.4) is 0 Å². The van der Waals surface area contributed by atoms with Crippen LogP contribution in [-0.2, 0) is 7.05 Å². The maximum atomic E-state index is 11.4. The van der Waals surface area contributed by atoms with Gasteiger partial charge in [0.25, 0.3) is 0 Å². The highest BCUT2D eigenvalue weighted by atomic mass is 16.4. The van der Waals surface area contributed by atoms with Gasteiger partial charge in [0.1, 0.15) is 0 Å². The van der Waals surface area contributed by atoms with Gasteiger partial charge in [0.05, 0.1) is 5.52 Å². The maximum absolute atomic E-state index is 11.4. The van der Waals surface area contributed by atoms with Crippen LogP contribution in [0.1, 0.15) is 13.3 Å². The van der Waals surface area contributed by atoms with Gasteiger partial charge in [-0.25, -0.2) is 4.79 Å². The summed E-state index contributed by atoms with van der Waals surface area (Å²) in [6.45, 7) is 4.09. The van der Waals surface area contributed by atoms with Crippen LogP contribution in [0.2, 0.25) is 0 Å². The van der Waals surface area contributed by atoms with Gasteiger partial charge in [-0.1, -0.05) is 13.3 Å². The van der Waals surface area contributed by atoms with Crippen LogP contribution in [0, 0.1) is 5.92 Å². The van der Waals surface area contributed by atoms with Crippen molar-refractivity contribution in [3.63, 3.8) is 0 Å². The number of fused-ring (bicyclic) bond motifs is 1. The number of aryl methyl sites for hydroxylation is 1. The molecule has 5 heteroatoms. The van der Waals surface area contributed by atoms with Crippen molar-refractivity contribution in [3.8, 4) is 0 Å². The molecule has 0 saturated heterocycles. The smallest absolute Gasteiger partial charge is 0.408 e. The lowest BCUT2D eigenvalue weighted by Gasteiger charge is -2.15. The molecule has 19 heavy (non-hydrogen) atoms. The van der Waals surface area contributed by atoms with Gasteiger partial charge in [-0.15, -0.1) is 0 Å². The van der Waals surface area contributed by atoms with E-state index in [0.29, 0.717) is 11.5 Å². The summed E-state index contributed by atoms with van der Waals surface area (Å²) in [4.78, 5) is 11.4. The Balaban J connectivity index is 2.13. The number of rotatable bonds is 6. The van der Waals surface area contributed by atoms with E-state index in [0.717, 1.165) is 30.7 Å². The predicted octanol–water partition coefficient (Wildman–Crippen LogP) is 1.79. The average Bonchev–Trinajstić information content (AvgIpc) is 2.70. The van der Waals surface area contributed by atoms with Gasteiger partial charge in [0.2, 0.25) is 0 Å². The second-order valence-electron chi connectivity index (χ2n) is 4.82. The van der Waals surface area contributed by atoms with Crippen molar-refractivity contribution in [1.29, 1.82) is 0 Å². The fourth-order valence-electron chi connectivity index (χ4n) is 2.15. The summed E-state index contributed by atoms with van der Waals surface area (Å²) in [5.41, 5.74) is 2.45. The minimum absolute atomic E-state index is 0.325. The molecule has 5 nitrogen and oxygen atoms in total. The largest absolute Gasteiger partial charge is 0.419 e. The zero-order valence-electron chi connectivity index (χ0n) is 11.7. The predicted molar refractivity (Wildman–Crippen MR) is 77.7 cm³/mol. The molecule has 1 aromatic heterocycles. The van der Waals surface area contributed by atoms with Gasteiger partial charge >= 0.3 is 5.76 Å². The Morgan fingerprint density at radius 3 is 2.84 bits per heavy atom. The molecule has 1 unspecified atom stereocenters. The van der Waals surface area contributed by atoms with Gasteiger partial charge in [-0.3, -0.25) is 4.57 Å². The molecule has 2 aromatic rings. The van der Waals surface area contributed by atoms with E-state index in [2.05, 4.69) is 17.6 Å². The van der Waals surface area contributed by atoms with Crippen LogP contribution in [0.25, 0.3) is 11.1 Å². The summed E-state index contributed by atoms with van der Waals surface area (Å²) in [6, 6.07) is 5.72. The summed E-state index contributed by atoms with van der Waals surface area (Å²) in [7, 11) is 3.68. The van der Waals surface area contributed by atoms with Crippen molar-refractivity contribution in [2.24, 2.45) is 13.0 Å². The molecule has 0 radical (unpaired) electrons. The Morgan fingerprint density at radius 1 is 1.37 bits per heavy atom. The molecule has 2 N–H and O–H groups in total. The Kier molecular flexibility index (Phi) is 4.27. The van der Waals surface area contributed by atoms with E-state index < -0.39 is 0 Å². The zero-order chi connectivity index (χ0) is 13.8. The number of nitrogens with zero attached hydrogens (tertiary/aromatic N) is 1. The Bertz CT molecular complexity index is 600. The zero-order valence-corrected chi connectivity index (χ0v) is 11.7. The topological polar surface area (TPSA) is 59.2 Å². The first kappa shape index (κ1) is 13.7. The highest BCUT2D eigenvalue weighted by molar-refractivity contribution is 5.77. The van der Waals surface area contributed by atoms with Crippen LogP contribution in [-0.4, -0.2) is 24.7 Å². The first-order chi connectivity index (χ1) is 9.15. The minimum Gasteiger partial charge on any atom is -0.408 e. The van der Waals surface area contributed by atoms with Crippen LogP contribution >= 0.6 is 0 Å². The molecule has 0 bridgehead atoms. The molecule has 0 fully saturated rings. The maximum Gasteiger partial charge on any atom is 0.419 e. The molecule has 1 heterocycles. The van der Waals surface area contributed by atoms with Crippen molar-refractivity contribution >= 4 is 16.8 Å². The minimum atomic E-state index is -0.325. The lowest BCUT2D eigenvalue weighted by atomic mass is 10.1. The van der Waals surface area contributed by atoms with E-state index in [-0.39, 0.29) is 5.76 Å². The fraction of sp³-hybridized carbons (Fsp3) is 0.500. The molecule has 2 rings (SSSR count). The molecule has 0 saturated carbocycles. The van der Waals surface area contributed by atoms with Crippen molar-refractivity contribution in [2.45, 2.75) is 13.3 Å². The molecule has 0 aliphatic carbocycles. The molecule has 0 aliphatic heterocycles. The normalized spacial score (nSPS) is 12.8. The Labute approximate surface area is 112 Å². The molecule has 0 spiro atoms. The van der Waals surface area contributed by atoms with Crippen LogP contribution in [0.15, 0.2) is 27.4 Å². The van der Waals surface area contributed by atoms with E-state index in [1.165, 1.54) is 4.57 Å². The molecule has 1 aromatic carbocycles. The van der Waals surface area contributed by atoms with Crippen molar-refractivity contribution in [1.82, 2.24) is 9.88 Å². The Hall–Kier alpha value is -1.75. The standard InChI is InChI=1S/C14H21N3O2/c1-4-10(8-15-2)9-16-11-5-6-13-12(7-11)17(3)14(18)19-13/h5-7,10,15-16H,4,8-9H2,1-3H3. The van der Waals surface area contributed by atoms with E-state index in [1.54, 1.807) is 7.05 Å². The van der Waals surface area contributed by atoms with Crippen molar-refractivity contribution < 1.29 is 4.42 Å². The number of hydrogen-bond acceptors (Lipinski definition) is 4. The first-order valence-corrected chi connectivity index (χ1v) is 6.63. The van der Waals surface area contributed by atoms with Gasteiger partial charge in [-0.05, 0) is 37.7 Å². The Morgan fingerprint density at radius 2 is 2.16 bits per heavy atom. The third kappa shape index (κ3) is 2.98. The van der Waals surface area contributed by atoms with E-state index in [9.17, 15) is 4.79 Å².